The highest BCUT2D eigenvalue weighted by molar-refractivity contribution is 5.62. The van der Waals surface area contributed by atoms with Crippen molar-refractivity contribution in [1.82, 2.24) is 0 Å². The summed E-state index contributed by atoms with van der Waals surface area (Å²) in [5.74, 6) is -3.01. The summed E-state index contributed by atoms with van der Waals surface area (Å²) in [5.41, 5.74) is 5.63. The molecule has 0 saturated heterocycles. The molecule has 0 heterocycles. The second-order valence-electron chi connectivity index (χ2n) is 9.94. The van der Waals surface area contributed by atoms with Crippen LogP contribution < -0.4 is 5.73 Å². The minimum absolute atomic E-state index is 0.175. The van der Waals surface area contributed by atoms with Crippen LogP contribution in [-0.4, -0.2) is 27.2 Å². The molecule has 0 fully saturated rings. The summed E-state index contributed by atoms with van der Waals surface area (Å²) in [6.45, 7) is 5.61. The molecule has 0 aromatic heterocycles. The van der Waals surface area contributed by atoms with Crippen LogP contribution in [0, 0.1) is 5.92 Å². The van der Waals surface area contributed by atoms with Gasteiger partial charge in [0.25, 0.3) is 5.97 Å². The molecule has 0 bridgehead atoms. The Kier molecular flexibility index (Phi) is 27.2. The number of carboxylic acids is 1. The monoisotopic (exact) mass is 473 g/mol. The molecule has 0 aromatic rings. The lowest BCUT2D eigenvalue weighted by molar-refractivity contribution is -0.199. The van der Waals surface area contributed by atoms with Crippen molar-refractivity contribution in [3.8, 4) is 0 Å². The van der Waals surface area contributed by atoms with Crippen molar-refractivity contribution in [2.45, 2.75) is 168 Å². The molecule has 0 unspecified atom stereocenters. The molecule has 0 aliphatic rings. The van der Waals surface area contributed by atoms with E-state index in [1.165, 1.54) is 116 Å². The summed E-state index contributed by atoms with van der Waals surface area (Å²) in [6.07, 6.45) is 27.8. The first-order chi connectivity index (χ1) is 15.8. The van der Waals surface area contributed by atoms with Gasteiger partial charge in [-0.2, -0.15) is 0 Å². The summed E-state index contributed by atoms with van der Waals surface area (Å²) in [6, 6.07) is 0. The molecule has 0 atom stereocenters. The van der Waals surface area contributed by atoms with Gasteiger partial charge in [-0.1, -0.05) is 142 Å². The molecule has 5 N–H and O–H groups in total. The zero-order valence-corrected chi connectivity index (χ0v) is 22.5. The quantitative estimate of drug-likeness (QED) is 0.0891. The van der Waals surface area contributed by atoms with Crippen molar-refractivity contribution in [3.05, 3.63) is 0 Å². The first kappa shape index (κ1) is 34.5. The lowest BCUT2D eigenvalue weighted by Crippen LogP contribution is -2.47. The van der Waals surface area contributed by atoms with Crippen LogP contribution in [0.15, 0.2) is 0 Å². The van der Waals surface area contributed by atoms with E-state index in [1.807, 2.05) is 0 Å². The molecule has 0 rings (SSSR count). The molecule has 5 heteroatoms. The van der Waals surface area contributed by atoms with E-state index in [4.69, 9.17) is 15.6 Å². The predicted octanol–water partition coefficient (Wildman–Crippen LogP) is 7.91. The van der Waals surface area contributed by atoms with Crippen LogP contribution in [0.5, 0.6) is 0 Å². The molecule has 0 saturated carbocycles. The van der Waals surface area contributed by atoms with E-state index >= 15 is 0 Å². The van der Waals surface area contributed by atoms with Gasteiger partial charge in [0.1, 0.15) is 0 Å². The van der Waals surface area contributed by atoms with E-state index < -0.39 is 11.9 Å². The van der Waals surface area contributed by atoms with Crippen LogP contribution in [0.4, 0.5) is 0 Å². The average molecular weight is 474 g/mol. The van der Waals surface area contributed by atoms with Crippen LogP contribution in [0.1, 0.15) is 162 Å². The summed E-state index contributed by atoms with van der Waals surface area (Å²) < 4.78 is 0. The number of aliphatic carboxylic acids is 1. The minimum Gasteiger partial charge on any atom is -0.481 e. The number of hydrogen-bond acceptors (Lipinski definition) is 4. The second kappa shape index (κ2) is 26.0. The molecule has 0 spiro atoms. The number of carboxylic acid groups (broad SMARTS) is 1. The van der Waals surface area contributed by atoms with Crippen molar-refractivity contribution in [3.63, 3.8) is 0 Å². The first-order valence-electron chi connectivity index (χ1n) is 14.2. The maximum absolute atomic E-state index is 9.90. The van der Waals surface area contributed by atoms with Crippen LogP contribution in [-0.2, 0) is 4.79 Å². The third-order valence-electron chi connectivity index (χ3n) is 6.41. The van der Waals surface area contributed by atoms with Gasteiger partial charge in [0.05, 0.1) is 0 Å². The lowest BCUT2D eigenvalue weighted by Gasteiger charge is -2.27. The molecule has 0 radical (unpaired) electrons. The second-order valence-corrected chi connectivity index (χ2v) is 9.94. The van der Waals surface area contributed by atoms with Crippen molar-refractivity contribution in [2.24, 2.45) is 11.7 Å². The van der Waals surface area contributed by atoms with Crippen LogP contribution in [0.25, 0.3) is 0 Å². The highest BCUT2D eigenvalue weighted by Crippen LogP contribution is 2.25. The topological polar surface area (TPSA) is 104 Å². The van der Waals surface area contributed by atoms with Crippen LogP contribution >= 0.6 is 0 Å². The van der Waals surface area contributed by atoms with Crippen molar-refractivity contribution >= 4 is 5.97 Å². The zero-order chi connectivity index (χ0) is 25.2. The highest BCUT2D eigenvalue weighted by Gasteiger charge is 2.28. The largest absolute Gasteiger partial charge is 0.481 e. The SMILES string of the molecule is CC(=O)O.CCCCCCCCCCCCC(CCCCCCCCCCCC)C(N)(O)O. The van der Waals surface area contributed by atoms with Crippen molar-refractivity contribution < 1.29 is 20.1 Å². The smallest absolute Gasteiger partial charge is 0.300 e. The minimum atomic E-state index is -2.00. The summed E-state index contributed by atoms with van der Waals surface area (Å²) >= 11 is 0. The molecule has 0 amide bonds. The molecule has 33 heavy (non-hydrogen) atoms. The standard InChI is InChI=1S/C26H55NO2.C2H4O2/c1-3-5-7-9-11-13-15-17-19-21-23-25(26(27,28)29)24-22-20-18-16-14-12-10-8-6-4-2;1-2(3)4/h25,28-29H,3-24,27H2,1-2H3;1H3,(H,3,4). The van der Waals surface area contributed by atoms with Crippen LogP contribution in [0.2, 0.25) is 0 Å². The molecule has 0 aromatic carbocycles. The maximum atomic E-state index is 9.90. The Labute approximate surface area is 205 Å². The van der Waals surface area contributed by atoms with Gasteiger partial charge in [0, 0.05) is 12.8 Å². The number of nitrogens with two attached hydrogens (primary N) is 1. The third kappa shape index (κ3) is 31.4. The van der Waals surface area contributed by atoms with E-state index in [1.54, 1.807) is 0 Å². The Balaban J connectivity index is 0. The number of carbonyl (C=O) groups is 1. The fourth-order valence-corrected chi connectivity index (χ4v) is 4.33. The van der Waals surface area contributed by atoms with Gasteiger partial charge in [-0.3, -0.25) is 10.5 Å². The molecule has 0 aliphatic heterocycles. The van der Waals surface area contributed by atoms with E-state index in [-0.39, 0.29) is 5.92 Å². The molecule has 200 valence electrons. The zero-order valence-electron chi connectivity index (χ0n) is 22.5. The van der Waals surface area contributed by atoms with Gasteiger partial charge in [-0.25, -0.2) is 0 Å². The average Bonchev–Trinajstić information content (AvgIpc) is 2.73. The Morgan fingerprint density at radius 1 is 0.606 bits per heavy atom. The molecule has 0 aliphatic carbocycles. The molecular weight excluding hydrogens is 414 g/mol. The number of hydrogen-bond donors (Lipinski definition) is 4. The maximum Gasteiger partial charge on any atom is 0.300 e. The Bertz CT molecular complexity index is 368. The fraction of sp³-hybridized carbons (Fsp3) is 0.964. The van der Waals surface area contributed by atoms with Gasteiger partial charge < -0.3 is 15.3 Å². The number of unbranched alkanes of at least 4 members (excludes halogenated alkanes) is 18. The lowest BCUT2D eigenvalue weighted by atomic mass is 9.91. The normalized spacial score (nSPS) is 11.5. The van der Waals surface area contributed by atoms with Gasteiger partial charge in [0.2, 0.25) is 5.91 Å². The Morgan fingerprint density at radius 2 is 0.818 bits per heavy atom. The van der Waals surface area contributed by atoms with E-state index in [0.717, 1.165) is 32.6 Å². The van der Waals surface area contributed by atoms with Gasteiger partial charge >= 0.3 is 0 Å². The van der Waals surface area contributed by atoms with E-state index in [2.05, 4.69) is 13.8 Å². The van der Waals surface area contributed by atoms with Gasteiger partial charge in [0.15, 0.2) is 0 Å². The molecule has 5 nitrogen and oxygen atoms in total. The summed E-state index contributed by atoms with van der Waals surface area (Å²) in [7, 11) is 0. The fourth-order valence-electron chi connectivity index (χ4n) is 4.33. The third-order valence-corrected chi connectivity index (χ3v) is 6.41. The summed E-state index contributed by atoms with van der Waals surface area (Å²) in [5, 5.41) is 27.2. The highest BCUT2D eigenvalue weighted by atomic mass is 16.5. The Hall–Kier alpha value is -0.650. The number of rotatable bonds is 23. The van der Waals surface area contributed by atoms with Crippen molar-refractivity contribution in [2.75, 3.05) is 0 Å². The van der Waals surface area contributed by atoms with Gasteiger partial charge in [-0.05, 0) is 12.8 Å². The van der Waals surface area contributed by atoms with Crippen LogP contribution in [0.3, 0.4) is 0 Å². The predicted molar refractivity (Wildman–Crippen MR) is 141 cm³/mol. The summed E-state index contributed by atoms with van der Waals surface area (Å²) in [4.78, 5) is 9.00. The first-order valence-corrected chi connectivity index (χ1v) is 14.2. The molecular formula is C28H59NO4. The van der Waals surface area contributed by atoms with E-state index in [9.17, 15) is 10.2 Å². The van der Waals surface area contributed by atoms with E-state index in [0.29, 0.717) is 0 Å². The van der Waals surface area contributed by atoms with Crippen molar-refractivity contribution in [1.29, 1.82) is 0 Å². The Morgan fingerprint density at radius 3 is 1.03 bits per heavy atom. The number of aliphatic hydroxyl groups is 2. The van der Waals surface area contributed by atoms with Gasteiger partial charge in [-0.15, -0.1) is 0 Å².